The van der Waals surface area contributed by atoms with E-state index in [-0.39, 0.29) is 30.7 Å². The standard InChI is InChI=1S/C18H27N3O.2ClH/c1-14-7-9-21(10-8-14)17-4-2-3-16(11-17)20-18(22)13-19-12-15-5-6-15;;/h2-4,11,14-15,19H,5-10,12-13H2,1H3,(H,20,22);2*1H. The fraction of sp³-hybridized carbons (Fsp3) is 0.611. The molecular formula is C18H29Cl2N3O. The van der Waals surface area contributed by atoms with Crippen LogP contribution in [0.1, 0.15) is 32.6 Å². The molecule has 136 valence electrons. The average molecular weight is 374 g/mol. The summed E-state index contributed by atoms with van der Waals surface area (Å²) in [5.41, 5.74) is 2.12. The Morgan fingerprint density at radius 1 is 1.17 bits per heavy atom. The fourth-order valence-electron chi connectivity index (χ4n) is 2.96. The maximum Gasteiger partial charge on any atom is 0.238 e. The molecule has 1 amide bonds. The van der Waals surface area contributed by atoms with Crippen LogP contribution in [0, 0.1) is 11.8 Å². The largest absolute Gasteiger partial charge is 0.371 e. The van der Waals surface area contributed by atoms with Crippen molar-refractivity contribution in [1.29, 1.82) is 0 Å². The summed E-state index contributed by atoms with van der Waals surface area (Å²) in [6, 6.07) is 8.22. The minimum atomic E-state index is 0. The van der Waals surface area contributed by atoms with E-state index < -0.39 is 0 Å². The average Bonchev–Trinajstić information content (AvgIpc) is 3.32. The van der Waals surface area contributed by atoms with Gasteiger partial charge in [0.15, 0.2) is 0 Å². The van der Waals surface area contributed by atoms with Gasteiger partial charge in [0.05, 0.1) is 6.54 Å². The summed E-state index contributed by atoms with van der Waals surface area (Å²) >= 11 is 0. The van der Waals surface area contributed by atoms with E-state index in [1.807, 2.05) is 12.1 Å². The molecule has 6 heteroatoms. The van der Waals surface area contributed by atoms with Crippen molar-refractivity contribution < 1.29 is 4.79 Å². The van der Waals surface area contributed by atoms with E-state index in [9.17, 15) is 4.79 Å². The Morgan fingerprint density at radius 2 is 1.88 bits per heavy atom. The van der Waals surface area contributed by atoms with E-state index in [0.29, 0.717) is 6.54 Å². The topological polar surface area (TPSA) is 44.4 Å². The van der Waals surface area contributed by atoms with Gasteiger partial charge in [0, 0.05) is 24.5 Å². The molecule has 0 bridgehead atoms. The maximum absolute atomic E-state index is 12.0. The number of rotatable bonds is 6. The first-order valence-electron chi connectivity index (χ1n) is 8.56. The zero-order valence-corrected chi connectivity index (χ0v) is 15.9. The van der Waals surface area contributed by atoms with Crippen molar-refractivity contribution >= 4 is 42.1 Å². The van der Waals surface area contributed by atoms with Gasteiger partial charge in [0.1, 0.15) is 0 Å². The number of hydrogen-bond donors (Lipinski definition) is 2. The van der Waals surface area contributed by atoms with Crippen molar-refractivity contribution in [2.75, 3.05) is 36.4 Å². The van der Waals surface area contributed by atoms with E-state index >= 15 is 0 Å². The molecule has 1 saturated carbocycles. The SMILES string of the molecule is CC1CCN(c2cccc(NC(=O)CNCC3CC3)c2)CC1.Cl.Cl. The quantitative estimate of drug-likeness (QED) is 0.798. The number of carbonyl (C=O) groups is 1. The van der Waals surface area contributed by atoms with Gasteiger partial charge >= 0.3 is 0 Å². The van der Waals surface area contributed by atoms with Crippen LogP contribution in [-0.4, -0.2) is 32.1 Å². The molecule has 0 atom stereocenters. The van der Waals surface area contributed by atoms with Crippen LogP contribution in [-0.2, 0) is 4.79 Å². The number of hydrogen-bond acceptors (Lipinski definition) is 3. The molecule has 0 spiro atoms. The monoisotopic (exact) mass is 373 g/mol. The predicted octanol–water partition coefficient (Wildman–Crippen LogP) is 3.70. The molecule has 1 aromatic carbocycles. The van der Waals surface area contributed by atoms with Crippen LogP contribution < -0.4 is 15.5 Å². The predicted molar refractivity (Wildman–Crippen MR) is 106 cm³/mol. The molecule has 4 nitrogen and oxygen atoms in total. The van der Waals surface area contributed by atoms with Crippen LogP contribution >= 0.6 is 24.8 Å². The molecular weight excluding hydrogens is 345 g/mol. The molecule has 0 unspecified atom stereocenters. The molecule has 3 rings (SSSR count). The summed E-state index contributed by atoms with van der Waals surface area (Å²) < 4.78 is 0. The number of carbonyl (C=O) groups excluding carboxylic acids is 1. The van der Waals surface area contributed by atoms with Gasteiger partial charge in [-0.3, -0.25) is 4.79 Å². The summed E-state index contributed by atoms with van der Waals surface area (Å²) in [5.74, 6) is 1.68. The first-order chi connectivity index (χ1) is 10.7. The van der Waals surface area contributed by atoms with E-state index in [1.165, 1.54) is 31.4 Å². The maximum atomic E-state index is 12.0. The molecule has 1 aliphatic carbocycles. The third-order valence-electron chi connectivity index (χ3n) is 4.69. The van der Waals surface area contributed by atoms with Crippen LogP contribution in [0.15, 0.2) is 24.3 Å². The highest BCUT2D eigenvalue weighted by Gasteiger charge is 2.20. The third-order valence-corrected chi connectivity index (χ3v) is 4.69. The molecule has 1 heterocycles. The van der Waals surface area contributed by atoms with Gasteiger partial charge in [-0.25, -0.2) is 0 Å². The van der Waals surface area contributed by atoms with Crippen molar-refractivity contribution in [2.45, 2.75) is 32.6 Å². The van der Waals surface area contributed by atoms with Crippen molar-refractivity contribution in [3.63, 3.8) is 0 Å². The minimum absolute atomic E-state index is 0. The summed E-state index contributed by atoms with van der Waals surface area (Å²) in [4.78, 5) is 14.4. The van der Waals surface area contributed by atoms with E-state index in [0.717, 1.165) is 37.2 Å². The molecule has 2 aliphatic rings. The Hall–Kier alpha value is -0.970. The van der Waals surface area contributed by atoms with E-state index in [4.69, 9.17) is 0 Å². The molecule has 1 aliphatic heterocycles. The molecule has 24 heavy (non-hydrogen) atoms. The van der Waals surface area contributed by atoms with Gasteiger partial charge in [-0.05, 0) is 62.3 Å². The van der Waals surface area contributed by atoms with Crippen molar-refractivity contribution in [2.24, 2.45) is 11.8 Å². The second-order valence-corrected chi connectivity index (χ2v) is 6.84. The van der Waals surface area contributed by atoms with Gasteiger partial charge in [-0.1, -0.05) is 13.0 Å². The van der Waals surface area contributed by atoms with Gasteiger partial charge < -0.3 is 15.5 Å². The van der Waals surface area contributed by atoms with Crippen LogP contribution in [0.4, 0.5) is 11.4 Å². The lowest BCUT2D eigenvalue weighted by atomic mass is 9.99. The zero-order chi connectivity index (χ0) is 15.4. The van der Waals surface area contributed by atoms with E-state index in [1.54, 1.807) is 0 Å². The Balaban J connectivity index is 0.00000144. The van der Waals surface area contributed by atoms with Gasteiger partial charge in [0.25, 0.3) is 0 Å². The number of halogens is 2. The highest BCUT2D eigenvalue weighted by Crippen LogP contribution is 2.27. The van der Waals surface area contributed by atoms with Gasteiger partial charge in [-0.15, -0.1) is 24.8 Å². The number of anilines is 2. The number of nitrogens with one attached hydrogen (secondary N) is 2. The molecule has 1 saturated heterocycles. The van der Waals surface area contributed by atoms with Crippen LogP contribution in [0.25, 0.3) is 0 Å². The Morgan fingerprint density at radius 3 is 2.54 bits per heavy atom. The van der Waals surface area contributed by atoms with Gasteiger partial charge in [0.2, 0.25) is 5.91 Å². The number of benzene rings is 1. The second-order valence-electron chi connectivity index (χ2n) is 6.84. The van der Waals surface area contributed by atoms with Crippen LogP contribution in [0.3, 0.4) is 0 Å². The van der Waals surface area contributed by atoms with Crippen LogP contribution in [0.5, 0.6) is 0 Å². The Labute approximate surface area is 157 Å². The minimum Gasteiger partial charge on any atom is -0.371 e. The molecule has 0 aromatic heterocycles. The summed E-state index contributed by atoms with van der Waals surface area (Å²) in [5, 5.41) is 6.22. The summed E-state index contributed by atoms with van der Waals surface area (Å²) in [7, 11) is 0. The normalized spacial score (nSPS) is 17.6. The highest BCUT2D eigenvalue weighted by molar-refractivity contribution is 5.92. The van der Waals surface area contributed by atoms with Crippen LogP contribution in [0.2, 0.25) is 0 Å². The first kappa shape index (κ1) is 21.1. The molecule has 2 fully saturated rings. The fourth-order valence-corrected chi connectivity index (χ4v) is 2.96. The zero-order valence-electron chi connectivity index (χ0n) is 14.3. The number of amides is 1. The first-order valence-corrected chi connectivity index (χ1v) is 8.56. The molecule has 1 aromatic rings. The number of nitrogens with zero attached hydrogens (tertiary/aromatic N) is 1. The van der Waals surface area contributed by atoms with E-state index in [2.05, 4.69) is 34.6 Å². The van der Waals surface area contributed by atoms with Crippen molar-refractivity contribution in [3.8, 4) is 0 Å². The third kappa shape index (κ3) is 6.50. The molecule has 2 N–H and O–H groups in total. The van der Waals surface area contributed by atoms with Crippen molar-refractivity contribution in [1.82, 2.24) is 5.32 Å². The van der Waals surface area contributed by atoms with Gasteiger partial charge in [-0.2, -0.15) is 0 Å². The lowest BCUT2D eigenvalue weighted by Gasteiger charge is -2.32. The second kappa shape index (κ2) is 10.1. The lowest BCUT2D eigenvalue weighted by Crippen LogP contribution is -2.33. The Bertz CT molecular complexity index is 515. The highest BCUT2D eigenvalue weighted by atomic mass is 35.5. The van der Waals surface area contributed by atoms with Crippen molar-refractivity contribution in [3.05, 3.63) is 24.3 Å². The summed E-state index contributed by atoms with van der Waals surface area (Å²) in [6.07, 6.45) is 5.12. The lowest BCUT2D eigenvalue weighted by molar-refractivity contribution is -0.115. The Kier molecular flexibility index (Phi) is 8.88. The smallest absolute Gasteiger partial charge is 0.238 e. The number of piperidine rings is 1. The summed E-state index contributed by atoms with van der Waals surface area (Å²) in [6.45, 7) is 5.92. The molecule has 0 radical (unpaired) electrons.